The highest BCUT2D eigenvalue weighted by Crippen LogP contribution is 2.43. The summed E-state index contributed by atoms with van der Waals surface area (Å²) in [6, 6.07) is 13.3. The largest absolute Gasteiger partial charge is 0.454 e. The number of nitrogens with zero attached hydrogens (tertiary/aromatic N) is 3. The smallest absolute Gasteiger partial charge is 0.231 e. The molecule has 1 atom stereocenters. The molecule has 1 unspecified atom stereocenters. The molecule has 0 aromatic heterocycles. The molecule has 0 spiro atoms. The van der Waals surface area contributed by atoms with E-state index in [1.807, 2.05) is 52.4 Å². The summed E-state index contributed by atoms with van der Waals surface area (Å²) in [5, 5.41) is 7.20. The number of benzene rings is 2. The van der Waals surface area contributed by atoms with E-state index in [2.05, 4.69) is 20.8 Å². The molecule has 2 aromatic carbocycles. The molecule has 0 N–H and O–H groups in total. The van der Waals surface area contributed by atoms with Crippen LogP contribution in [0, 0.1) is 0 Å². The van der Waals surface area contributed by atoms with E-state index in [0.29, 0.717) is 16.6 Å². The first-order chi connectivity index (χ1) is 13.3. The molecule has 4 rings (SSSR count). The van der Waals surface area contributed by atoms with Crippen molar-refractivity contribution in [2.45, 2.75) is 39.4 Å². The number of amidine groups is 1. The van der Waals surface area contributed by atoms with Crippen molar-refractivity contribution in [2.75, 3.05) is 11.8 Å². The van der Waals surface area contributed by atoms with E-state index < -0.39 is 0 Å². The molecular formula is C21H22ClN3O3. The van der Waals surface area contributed by atoms with Crippen molar-refractivity contribution < 1.29 is 14.3 Å². The fraction of sp³-hybridized carbons (Fsp3) is 0.333. The van der Waals surface area contributed by atoms with Crippen molar-refractivity contribution >= 4 is 28.9 Å². The maximum atomic E-state index is 12.4. The minimum absolute atomic E-state index is 0.0860. The van der Waals surface area contributed by atoms with Crippen molar-refractivity contribution in [3.8, 4) is 11.5 Å². The van der Waals surface area contributed by atoms with E-state index in [1.165, 1.54) is 0 Å². The molecule has 0 saturated heterocycles. The summed E-state index contributed by atoms with van der Waals surface area (Å²) < 4.78 is 11.0. The zero-order valence-corrected chi connectivity index (χ0v) is 17.0. The van der Waals surface area contributed by atoms with Crippen LogP contribution in [0.5, 0.6) is 11.5 Å². The van der Waals surface area contributed by atoms with E-state index in [1.54, 1.807) is 6.92 Å². The van der Waals surface area contributed by atoms with Gasteiger partial charge >= 0.3 is 0 Å². The van der Waals surface area contributed by atoms with Crippen LogP contribution in [-0.4, -0.2) is 28.9 Å². The minimum atomic E-state index is -0.341. The van der Waals surface area contributed by atoms with Gasteiger partial charge in [0.15, 0.2) is 29.3 Å². The van der Waals surface area contributed by atoms with Crippen LogP contribution in [0.2, 0.25) is 5.02 Å². The Kier molecular flexibility index (Phi) is 4.46. The number of halogens is 1. The van der Waals surface area contributed by atoms with Crippen LogP contribution >= 0.6 is 11.6 Å². The van der Waals surface area contributed by atoms with E-state index in [0.717, 1.165) is 17.0 Å². The molecule has 146 valence electrons. The Hall–Kier alpha value is -2.73. The lowest BCUT2D eigenvalue weighted by molar-refractivity contribution is -0.112. The standard InChI is InChI=1S/C21H22ClN3O3/c1-13(26)19-23-25(16-8-6-15(22)7-9-16)20(24(19)21(2,3)4)14-5-10-17-18(11-14)28-12-27-17/h5-11,20H,12H2,1-4H3. The lowest BCUT2D eigenvalue weighted by Gasteiger charge is -2.40. The fourth-order valence-corrected chi connectivity index (χ4v) is 3.64. The van der Waals surface area contributed by atoms with Gasteiger partial charge in [0.1, 0.15) is 0 Å². The van der Waals surface area contributed by atoms with E-state index >= 15 is 0 Å². The van der Waals surface area contributed by atoms with Crippen LogP contribution < -0.4 is 14.5 Å². The number of hydrogen-bond donors (Lipinski definition) is 0. The van der Waals surface area contributed by atoms with Gasteiger partial charge in [-0.15, -0.1) is 5.10 Å². The molecule has 0 bridgehead atoms. The second-order valence-corrected chi connectivity index (χ2v) is 8.26. The maximum absolute atomic E-state index is 12.4. The average Bonchev–Trinajstić information content (AvgIpc) is 3.26. The second kappa shape index (κ2) is 6.71. The van der Waals surface area contributed by atoms with Gasteiger partial charge in [-0.25, -0.2) is 5.01 Å². The summed E-state index contributed by atoms with van der Waals surface area (Å²) in [6.45, 7) is 7.95. The molecule has 0 saturated carbocycles. The predicted molar refractivity (Wildman–Crippen MR) is 109 cm³/mol. The molecule has 2 aliphatic heterocycles. The highest BCUT2D eigenvalue weighted by atomic mass is 35.5. The molecule has 0 fully saturated rings. The maximum Gasteiger partial charge on any atom is 0.231 e. The molecule has 28 heavy (non-hydrogen) atoms. The Bertz CT molecular complexity index is 950. The number of Topliss-reactive ketones (excluding diaryl/α,β-unsaturated/α-hetero) is 1. The van der Waals surface area contributed by atoms with E-state index in [-0.39, 0.29) is 24.3 Å². The first kappa shape index (κ1) is 18.6. The topological polar surface area (TPSA) is 54.4 Å². The van der Waals surface area contributed by atoms with Gasteiger partial charge < -0.3 is 14.4 Å². The third-order valence-corrected chi connectivity index (χ3v) is 4.98. The average molecular weight is 400 g/mol. The highest BCUT2D eigenvalue weighted by molar-refractivity contribution is 6.38. The SMILES string of the molecule is CC(=O)C1=NN(c2ccc(Cl)cc2)C(c2ccc3c(c2)OCO3)N1C(C)(C)C. The number of carbonyl (C=O) groups is 1. The van der Waals surface area contributed by atoms with Crippen LogP contribution in [-0.2, 0) is 4.79 Å². The Morgan fingerprint density at radius 1 is 1.11 bits per heavy atom. The second-order valence-electron chi connectivity index (χ2n) is 7.83. The molecular weight excluding hydrogens is 378 g/mol. The lowest BCUT2D eigenvalue weighted by Crippen LogP contribution is -2.49. The van der Waals surface area contributed by atoms with E-state index in [4.69, 9.17) is 26.2 Å². The van der Waals surface area contributed by atoms with Gasteiger partial charge in [0.05, 0.1) is 5.69 Å². The number of fused-ring (bicyclic) bond motifs is 1. The van der Waals surface area contributed by atoms with Crippen LogP contribution in [0.4, 0.5) is 5.69 Å². The van der Waals surface area contributed by atoms with Crippen molar-refractivity contribution in [1.29, 1.82) is 0 Å². The zero-order valence-electron chi connectivity index (χ0n) is 16.3. The lowest BCUT2D eigenvalue weighted by atomic mass is 10.0. The molecule has 7 heteroatoms. The van der Waals surface area contributed by atoms with Crippen LogP contribution in [0.1, 0.15) is 39.4 Å². The number of rotatable bonds is 3. The zero-order chi connectivity index (χ0) is 20.1. The normalized spacial score (nSPS) is 18.5. The van der Waals surface area contributed by atoms with Crippen molar-refractivity contribution in [3.05, 3.63) is 53.1 Å². The van der Waals surface area contributed by atoms with Gasteiger partial charge in [0.25, 0.3) is 0 Å². The molecule has 0 amide bonds. The van der Waals surface area contributed by atoms with Gasteiger partial charge in [-0.2, -0.15) is 0 Å². The Labute approximate surface area is 169 Å². The summed E-state index contributed by atoms with van der Waals surface area (Å²) in [5.41, 5.74) is 1.46. The Balaban J connectivity index is 1.86. The molecule has 0 radical (unpaired) electrons. The number of anilines is 1. The third kappa shape index (κ3) is 3.18. The number of hydrogen-bond acceptors (Lipinski definition) is 6. The fourth-order valence-electron chi connectivity index (χ4n) is 3.51. The first-order valence-electron chi connectivity index (χ1n) is 9.09. The minimum Gasteiger partial charge on any atom is -0.454 e. The van der Waals surface area contributed by atoms with Crippen LogP contribution in [0.3, 0.4) is 0 Å². The molecule has 2 heterocycles. The van der Waals surface area contributed by atoms with Crippen molar-refractivity contribution in [3.63, 3.8) is 0 Å². The first-order valence-corrected chi connectivity index (χ1v) is 9.47. The monoisotopic (exact) mass is 399 g/mol. The van der Waals surface area contributed by atoms with Gasteiger partial charge in [0, 0.05) is 23.0 Å². The molecule has 2 aliphatic rings. The Morgan fingerprint density at radius 2 is 1.79 bits per heavy atom. The third-order valence-electron chi connectivity index (χ3n) is 4.73. The quantitative estimate of drug-likeness (QED) is 0.755. The number of carbonyl (C=O) groups excluding carboxylic acids is 1. The predicted octanol–water partition coefficient (Wildman–Crippen LogP) is 4.59. The molecule has 2 aromatic rings. The summed E-state index contributed by atoms with van der Waals surface area (Å²) in [6.07, 6.45) is -0.311. The van der Waals surface area contributed by atoms with Gasteiger partial charge in [-0.05, 0) is 57.2 Å². The molecule has 6 nitrogen and oxygen atoms in total. The molecule has 0 aliphatic carbocycles. The highest BCUT2D eigenvalue weighted by Gasteiger charge is 2.43. The van der Waals surface area contributed by atoms with E-state index in [9.17, 15) is 4.79 Å². The summed E-state index contributed by atoms with van der Waals surface area (Å²) in [7, 11) is 0. The summed E-state index contributed by atoms with van der Waals surface area (Å²) in [5.74, 6) is 1.75. The van der Waals surface area contributed by atoms with Crippen molar-refractivity contribution in [2.24, 2.45) is 5.10 Å². The number of ether oxygens (including phenoxy) is 2. The van der Waals surface area contributed by atoms with Gasteiger partial charge in [0.2, 0.25) is 6.79 Å². The van der Waals surface area contributed by atoms with Crippen LogP contribution in [0.15, 0.2) is 47.6 Å². The van der Waals surface area contributed by atoms with Crippen molar-refractivity contribution in [1.82, 2.24) is 4.90 Å². The Morgan fingerprint density at radius 3 is 2.43 bits per heavy atom. The number of hydrazone groups is 1. The van der Waals surface area contributed by atoms with Crippen LogP contribution in [0.25, 0.3) is 0 Å². The number of ketones is 1. The van der Waals surface area contributed by atoms with Gasteiger partial charge in [-0.3, -0.25) is 4.79 Å². The summed E-state index contributed by atoms with van der Waals surface area (Å²) >= 11 is 6.07. The summed E-state index contributed by atoms with van der Waals surface area (Å²) in [4.78, 5) is 14.5. The van der Waals surface area contributed by atoms with Gasteiger partial charge in [-0.1, -0.05) is 17.7 Å².